The quantitative estimate of drug-likeness (QED) is 0.823. The fourth-order valence-corrected chi connectivity index (χ4v) is 2.10. The van der Waals surface area contributed by atoms with Crippen LogP contribution >= 0.6 is 34.8 Å². The summed E-state index contributed by atoms with van der Waals surface area (Å²) in [6.45, 7) is 1.85. The molecule has 0 amide bonds. The second kappa shape index (κ2) is 5.97. The van der Waals surface area contributed by atoms with Crippen molar-refractivity contribution in [1.29, 1.82) is 0 Å². The molecule has 0 saturated carbocycles. The van der Waals surface area contributed by atoms with E-state index in [1.807, 2.05) is 13.0 Å². The highest BCUT2D eigenvalue weighted by atomic mass is 35.5. The maximum absolute atomic E-state index is 6.06. The minimum atomic E-state index is -0.203. The van der Waals surface area contributed by atoms with Crippen LogP contribution in [0.15, 0.2) is 30.5 Å². The molecule has 2 aromatic rings. The van der Waals surface area contributed by atoms with Crippen LogP contribution in [-0.4, -0.2) is 4.98 Å². The summed E-state index contributed by atoms with van der Waals surface area (Å²) < 4.78 is 5.67. The van der Waals surface area contributed by atoms with Gasteiger partial charge in [0, 0.05) is 23.9 Å². The van der Waals surface area contributed by atoms with Gasteiger partial charge in [-0.15, -0.1) is 0 Å². The van der Waals surface area contributed by atoms with Crippen LogP contribution in [0.25, 0.3) is 0 Å². The molecule has 1 aromatic carbocycles. The van der Waals surface area contributed by atoms with Crippen LogP contribution < -0.4 is 10.5 Å². The lowest BCUT2D eigenvalue weighted by atomic mass is 10.1. The van der Waals surface area contributed by atoms with Crippen LogP contribution in [-0.2, 0) is 0 Å². The van der Waals surface area contributed by atoms with Gasteiger partial charge in [0.15, 0.2) is 0 Å². The molecule has 0 aliphatic heterocycles. The maximum atomic E-state index is 6.06. The number of aromatic nitrogens is 1. The molecule has 0 bridgehead atoms. The first-order valence-electron chi connectivity index (χ1n) is 5.52. The molecular weight excluding hydrogens is 307 g/mol. The lowest BCUT2D eigenvalue weighted by Crippen LogP contribution is -2.07. The van der Waals surface area contributed by atoms with Gasteiger partial charge in [-0.05, 0) is 19.1 Å². The van der Waals surface area contributed by atoms with E-state index in [9.17, 15) is 0 Å². The average Bonchev–Trinajstić information content (AvgIpc) is 2.36. The van der Waals surface area contributed by atoms with E-state index in [0.717, 1.165) is 5.56 Å². The predicted octanol–water partition coefficient (Wildman–Crippen LogP) is 4.85. The van der Waals surface area contributed by atoms with Crippen molar-refractivity contribution in [3.8, 4) is 11.6 Å². The fourth-order valence-electron chi connectivity index (χ4n) is 1.52. The van der Waals surface area contributed by atoms with Gasteiger partial charge in [-0.3, -0.25) is 0 Å². The van der Waals surface area contributed by atoms with Gasteiger partial charge in [0.05, 0.1) is 15.1 Å². The molecular formula is C13H11Cl3N2O. The predicted molar refractivity (Wildman–Crippen MR) is 78.4 cm³/mol. The Kier molecular flexibility index (Phi) is 4.53. The number of hydrogen-bond acceptors (Lipinski definition) is 3. The molecule has 1 aromatic heterocycles. The first-order chi connectivity index (χ1) is 8.99. The number of hydrogen-bond donors (Lipinski definition) is 1. The number of pyridine rings is 1. The van der Waals surface area contributed by atoms with E-state index in [0.29, 0.717) is 26.7 Å². The first-order valence-corrected chi connectivity index (χ1v) is 6.65. The number of nitrogens with two attached hydrogens (primary N) is 1. The zero-order valence-corrected chi connectivity index (χ0v) is 12.3. The van der Waals surface area contributed by atoms with Crippen molar-refractivity contribution >= 4 is 34.8 Å². The van der Waals surface area contributed by atoms with E-state index in [4.69, 9.17) is 45.3 Å². The number of rotatable bonds is 3. The molecule has 0 spiro atoms. The summed E-state index contributed by atoms with van der Waals surface area (Å²) in [4.78, 5) is 4.15. The largest absolute Gasteiger partial charge is 0.437 e. The Labute approximate surface area is 126 Å². The number of halogens is 3. The van der Waals surface area contributed by atoms with Gasteiger partial charge >= 0.3 is 0 Å². The van der Waals surface area contributed by atoms with Crippen LogP contribution in [0.5, 0.6) is 11.6 Å². The van der Waals surface area contributed by atoms with E-state index in [1.54, 1.807) is 18.3 Å². The molecule has 100 valence electrons. The molecule has 0 radical (unpaired) electrons. The van der Waals surface area contributed by atoms with Crippen LogP contribution in [0.4, 0.5) is 0 Å². The molecule has 1 heterocycles. The minimum absolute atomic E-state index is 0.203. The van der Waals surface area contributed by atoms with Crippen molar-refractivity contribution < 1.29 is 4.74 Å². The topological polar surface area (TPSA) is 48.1 Å². The highest BCUT2D eigenvalue weighted by Gasteiger charge is 2.13. The highest BCUT2D eigenvalue weighted by molar-refractivity contribution is 6.43. The van der Waals surface area contributed by atoms with Gasteiger partial charge in [-0.2, -0.15) is 0 Å². The Morgan fingerprint density at radius 2 is 1.84 bits per heavy atom. The van der Waals surface area contributed by atoms with E-state index in [1.165, 1.54) is 6.07 Å². The number of benzene rings is 1. The molecule has 0 aliphatic carbocycles. The van der Waals surface area contributed by atoms with Gasteiger partial charge in [0.2, 0.25) is 5.88 Å². The average molecular weight is 318 g/mol. The summed E-state index contributed by atoms with van der Waals surface area (Å²) in [6.07, 6.45) is 1.62. The maximum Gasteiger partial charge on any atom is 0.224 e. The van der Waals surface area contributed by atoms with E-state index in [2.05, 4.69) is 4.98 Å². The molecule has 0 aliphatic rings. The Morgan fingerprint density at radius 1 is 1.16 bits per heavy atom. The van der Waals surface area contributed by atoms with Crippen LogP contribution in [0.1, 0.15) is 18.5 Å². The highest BCUT2D eigenvalue weighted by Crippen LogP contribution is 2.37. The minimum Gasteiger partial charge on any atom is -0.437 e. The Hall–Kier alpha value is -1.000. The molecule has 2 rings (SSSR count). The third-order valence-electron chi connectivity index (χ3n) is 2.47. The molecule has 0 unspecified atom stereocenters. The fraction of sp³-hybridized carbons (Fsp3) is 0.154. The van der Waals surface area contributed by atoms with Crippen LogP contribution in [0.3, 0.4) is 0 Å². The number of ether oxygens (including phenoxy) is 1. The van der Waals surface area contributed by atoms with Crippen molar-refractivity contribution in [3.63, 3.8) is 0 Å². The summed E-state index contributed by atoms with van der Waals surface area (Å²) in [6, 6.07) is 6.51. The normalized spacial score (nSPS) is 12.3. The summed E-state index contributed by atoms with van der Waals surface area (Å²) >= 11 is 17.9. The summed E-state index contributed by atoms with van der Waals surface area (Å²) in [5.41, 5.74) is 6.64. The molecule has 3 nitrogen and oxygen atoms in total. The Balaban J connectivity index is 2.39. The van der Waals surface area contributed by atoms with Gasteiger partial charge in [-0.1, -0.05) is 40.9 Å². The molecule has 19 heavy (non-hydrogen) atoms. The molecule has 6 heteroatoms. The van der Waals surface area contributed by atoms with Crippen LogP contribution in [0, 0.1) is 0 Å². The third-order valence-corrected chi connectivity index (χ3v) is 3.49. The summed E-state index contributed by atoms with van der Waals surface area (Å²) in [7, 11) is 0. The third kappa shape index (κ3) is 3.31. The Bertz CT molecular complexity index is 602. The lowest BCUT2D eigenvalue weighted by Gasteiger charge is -2.13. The zero-order chi connectivity index (χ0) is 14.0. The Morgan fingerprint density at radius 3 is 2.53 bits per heavy atom. The van der Waals surface area contributed by atoms with Crippen molar-refractivity contribution in [2.24, 2.45) is 5.73 Å². The van der Waals surface area contributed by atoms with Crippen molar-refractivity contribution in [2.75, 3.05) is 0 Å². The van der Waals surface area contributed by atoms with Crippen LogP contribution in [0.2, 0.25) is 15.1 Å². The van der Waals surface area contributed by atoms with Gasteiger partial charge < -0.3 is 10.5 Å². The zero-order valence-electron chi connectivity index (χ0n) is 10.0. The second-order valence-electron chi connectivity index (χ2n) is 3.99. The SMILES string of the molecule is C[C@@H](N)c1cccnc1Oc1cc(Cl)c(Cl)cc1Cl. The van der Waals surface area contributed by atoms with E-state index >= 15 is 0 Å². The molecule has 0 fully saturated rings. The van der Waals surface area contributed by atoms with Crippen molar-refractivity contribution in [2.45, 2.75) is 13.0 Å². The van der Waals surface area contributed by atoms with Crippen molar-refractivity contribution in [1.82, 2.24) is 4.98 Å². The molecule has 2 N–H and O–H groups in total. The first kappa shape index (κ1) is 14.4. The van der Waals surface area contributed by atoms with E-state index < -0.39 is 0 Å². The standard InChI is InChI=1S/C13H11Cl3N2O/c1-7(17)8-3-2-4-18-13(8)19-12-6-10(15)9(14)5-11(12)16/h2-7H,17H2,1H3/t7-/m1/s1. The number of nitrogens with zero attached hydrogens (tertiary/aromatic N) is 1. The smallest absolute Gasteiger partial charge is 0.224 e. The second-order valence-corrected chi connectivity index (χ2v) is 5.21. The van der Waals surface area contributed by atoms with Gasteiger partial charge in [0.1, 0.15) is 5.75 Å². The molecule has 1 atom stereocenters. The van der Waals surface area contributed by atoms with E-state index in [-0.39, 0.29) is 6.04 Å². The lowest BCUT2D eigenvalue weighted by molar-refractivity contribution is 0.452. The molecule has 0 saturated heterocycles. The summed E-state index contributed by atoms with van der Waals surface area (Å²) in [5, 5.41) is 1.09. The monoisotopic (exact) mass is 316 g/mol. The van der Waals surface area contributed by atoms with Gasteiger partial charge in [-0.25, -0.2) is 4.98 Å². The van der Waals surface area contributed by atoms with Crippen molar-refractivity contribution in [3.05, 3.63) is 51.1 Å². The van der Waals surface area contributed by atoms with Gasteiger partial charge in [0.25, 0.3) is 0 Å². The summed E-state index contributed by atoms with van der Waals surface area (Å²) in [5.74, 6) is 0.787.